The van der Waals surface area contributed by atoms with Crippen molar-refractivity contribution < 1.29 is 14.3 Å². The molecule has 0 radical (unpaired) electrons. The molecule has 3 nitrogen and oxygen atoms in total. The maximum absolute atomic E-state index is 11.3. The summed E-state index contributed by atoms with van der Waals surface area (Å²) < 4.78 is 10.9. The molecule has 0 unspecified atom stereocenters. The molecule has 18 heavy (non-hydrogen) atoms. The summed E-state index contributed by atoms with van der Waals surface area (Å²) in [7, 11) is 1.59. The fraction of sp³-hybridized carbons (Fsp3) is 0.133. The Labute approximate surface area is 106 Å². The highest BCUT2D eigenvalue weighted by molar-refractivity contribution is 5.94. The van der Waals surface area contributed by atoms with E-state index in [1.165, 1.54) is 6.92 Å². The molecular weight excluding hydrogens is 228 g/mol. The van der Waals surface area contributed by atoms with Crippen molar-refractivity contribution >= 4 is 5.78 Å². The second-order valence-corrected chi connectivity index (χ2v) is 3.84. The summed E-state index contributed by atoms with van der Waals surface area (Å²) in [6, 6.07) is 14.5. The molecule has 0 amide bonds. The summed E-state index contributed by atoms with van der Waals surface area (Å²) in [5.41, 5.74) is 0.627. The Morgan fingerprint density at radius 1 is 1.00 bits per heavy atom. The second kappa shape index (κ2) is 5.36. The molecule has 0 fully saturated rings. The van der Waals surface area contributed by atoms with Crippen LogP contribution >= 0.6 is 0 Å². The van der Waals surface area contributed by atoms with Crippen LogP contribution < -0.4 is 9.47 Å². The molecule has 2 rings (SSSR count). The van der Waals surface area contributed by atoms with Crippen molar-refractivity contribution in [1.82, 2.24) is 0 Å². The van der Waals surface area contributed by atoms with Crippen molar-refractivity contribution in [2.24, 2.45) is 0 Å². The topological polar surface area (TPSA) is 35.5 Å². The highest BCUT2D eigenvalue weighted by Crippen LogP contribution is 2.31. The van der Waals surface area contributed by atoms with Crippen molar-refractivity contribution in [2.75, 3.05) is 7.11 Å². The van der Waals surface area contributed by atoms with E-state index in [9.17, 15) is 4.79 Å². The van der Waals surface area contributed by atoms with Gasteiger partial charge in [0.1, 0.15) is 5.75 Å². The summed E-state index contributed by atoms with van der Waals surface area (Å²) >= 11 is 0. The summed E-state index contributed by atoms with van der Waals surface area (Å²) in [5.74, 6) is 1.92. The van der Waals surface area contributed by atoms with E-state index in [1.807, 2.05) is 24.3 Å². The quantitative estimate of drug-likeness (QED) is 0.767. The highest BCUT2D eigenvalue weighted by atomic mass is 16.5. The molecule has 2 aromatic rings. The Hall–Kier alpha value is -2.29. The van der Waals surface area contributed by atoms with Crippen LogP contribution in [0.1, 0.15) is 17.3 Å². The minimum absolute atomic E-state index is 0.0143. The Kier molecular flexibility index (Phi) is 3.63. The zero-order valence-corrected chi connectivity index (χ0v) is 10.3. The van der Waals surface area contributed by atoms with Gasteiger partial charge in [-0.05, 0) is 31.2 Å². The Morgan fingerprint density at radius 3 is 2.39 bits per heavy atom. The van der Waals surface area contributed by atoms with Gasteiger partial charge in [-0.2, -0.15) is 0 Å². The van der Waals surface area contributed by atoms with Crippen molar-refractivity contribution in [3.05, 3.63) is 54.1 Å². The number of hydrogen-bond acceptors (Lipinski definition) is 3. The van der Waals surface area contributed by atoms with Crippen LogP contribution in [0, 0.1) is 0 Å². The van der Waals surface area contributed by atoms with Gasteiger partial charge in [-0.1, -0.05) is 24.3 Å². The first kappa shape index (κ1) is 12.2. The number of hydrogen-bond donors (Lipinski definition) is 0. The van der Waals surface area contributed by atoms with Gasteiger partial charge in [0.15, 0.2) is 17.3 Å². The van der Waals surface area contributed by atoms with Crippen molar-refractivity contribution in [3.63, 3.8) is 0 Å². The third-order valence-electron chi connectivity index (χ3n) is 2.54. The number of Topliss-reactive ketones (excluding diaryl/α,β-unsaturated/α-hetero) is 1. The molecule has 0 spiro atoms. The largest absolute Gasteiger partial charge is 0.493 e. The van der Waals surface area contributed by atoms with Crippen LogP contribution in [-0.2, 0) is 0 Å². The zero-order valence-electron chi connectivity index (χ0n) is 10.3. The van der Waals surface area contributed by atoms with Gasteiger partial charge in [-0.15, -0.1) is 0 Å². The van der Waals surface area contributed by atoms with E-state index >= 15 is 0 Å². The molecule has 92 valence electrons. The van der Waals surface area contributed by atoms with Crippen molar-refractivity contribution in [1.29, 1.82) is 0 Å². The molecule has 0 aliphatic rings. The van der Waals surface area contributed by atoms with Crippen LogP contribution in [0.5, 0.6) is 17.2 Å². The van der Waals surface area contributed by atoms with Gasteiger partial charge in [0.25, 0.3) is 0 Å². The SMILES string of the molecule is COc1ccccc1Oc1cccc(C(C)=O)c1. The first-order chi connectivity index (χ1) is 8.70. The molecule has 0 aliphatic carbocycles. The lowest BCUT2D eigenvalue weighted by atomic mass is 10.1. The molecule has 0 N–H and O–H groups in total. The van der Waals surface area contributed by atoms with E-state index < -0.39 is 0 Å². The number of carbonyl (C=O) groups is 1. The minimum Gasteiger partial charge on any atom is -0.493 e. The molecule has 0 saturated carbocycles. The monoisotopic (exact) mass is 242 g/mol. The third kappa shape index (κ3) is 2.69. The van der Waals surface area contributed by atoms with Crippen LogP contribution in [0.3, 0.4) is 0 Å². The van der Waals surface area contributed by atoms with E-state index in [0.29, 0.717) is 22.8 Å². The maximum atomic E-state index is 11.3. The Balaban J connectivity index is 2.28. The normalized spacial score (nSPS) is 9.89. The summed E-state index contributed by atoms with van der Waals surface area (Å²) in [4.78, 5) is 11.3. The molecule has 0 aliphatic heterocycles. The van der Waals surface area contributed by atoms with Crippen LogP contribution in [0.15, 0.2) is 48.5 Å². The van der Waals surface area contributed by atoms with Gasteiger partial charge in [0, 0.05) is 5.56 Å². The lowest BCUT2D eigenvalue weighted by Gasteiger charge is -2.10. The Morgan fingerprint density at radius 2 is 1.72 bits per heavy atom. The van der Waals surface area contributed by atoms with E-state index in [-0.39, 0.29) is 5.78 Å². The maximum Gasteiger partial charge on any atom is 0.169 e. The first-order valence-electron chi connectivity index (χ1n) is 5.62. The van der Waals surface area contributed by atoms with Crippen molar-refractivity contribution in [2.45, 2.75) is 6.92 Å². The van der Waals surface area contributed by atoms with E-state index in [4.69, 9.17) is 9.47 Å². The number of benzene rings is 2. The lowest BCUT2D eigenvalue weighted by molar-refractivity contribution is 0.101. The fourth-order valence-corrected chi connectivity index (χ4v) is 1.61. The Bertz CT molecular complexity index is 561. The van der Waals surface area contributed by atoms with Crippen molar-refractivity contribution in [3.8, 4) is 17.2 Å². The lowest BCUT2D eigenvalue weighted by Crippen LogP contribution is -1.93. The van der Waals surface area contributed by atoms with Gasteiger partial charge in [0.2, 0.25) is 0 Å². The number of methoxy groups -OCH3 is 1. The number of para-hydroxylation sites is 2. The van der Waals surface area contributed by atoms with E-state index in [1.54, 1.807) is 31.4 Å². The molecule has 0 bridgehead atoms. The number of ketones is 1. The van der Waals surface area contributed by atoms with Crippen LogP contribution in [-0.4, -0.2) is 12.9 Å². The number of ether oxygens (including phenoxy) is 2. The van der Waals surface area contributed by atoms with Crippen LogP contribution in [0.4, 0.5) is 0 Å². The van der Waals surface area contributed by atoms with Gasteiger partial charge >= 0.3 is 0 Å². The third-order valence-corrected chi connectivity index (χ3v) is 2.54. The molecule has 3 heteroatoms. The molecule has 0 saturated heterocycles. The standard InChI is InChI=1S/C15H14O3/c1-11(16)12-6-5-7-13(10-12)18-15-9-4-3-8-14(15)17-2/h3-10H,1-2H3. The minimum atomic E-state index is 0.0143. The van der Waals surface area contributed by atoms with Crippen LogP contribution in [0.25, 0.3) is 0 Å². The molecule has 0 aromatic heterocycles. The van der Waals surface area contributed by atoms with Gasteiger partial charge in [-0.3, -0.25) is 4.79 Å². The van der Waals surface area contributed by atoms with Crippen LogP contribution in [0.2, 0.25) is 0 Å². The average molecular weight is 242 g/mol. The average Bonchev–Trinajstić information content (AvgIpc) is 2.39. The first-order valence-corrected chi connectivity index (χ1v) is 5.62. The number of rotatable bonds is 4. The second-order valence-electron chi connectivity index (χ2n) is 3.84. The molecule has 0 atom stereocenters. The molecule has 2 aromatic carbocycles. The van der Waals surface area contributed by atoms with Gasteiger partial charge < -0.3 is 9.47 Å². The zero-order chi connectivity index (χ0) is 13.0. The predicted octanol–water partition coefficient (Wildman–Crippen LogP) is 3.69. The predicted molar refractivity (Wildman–Crippen MR) is 69.5 cm³/mol. The summed E-state index contributed by atoms with van der Waals surface area (Å²) in [5, 5.41) is 0. The van der Waals surface area contributed by atoms with E-state index in [2.05, 4.69) is 0 Å². The number of carbonyl (C=O) groups excluding carboxylic acids is 1. The summed E-state index contributed by atoms with van der Waals surface area (Å²) in [6.07, 6.45) is 0. The van der Waals surface area contributed by atoms with Gasteiger partial charge in [-0.25, -0.2) is 0 Å². The smallest absolute Gasteiger partial charge is 0.169 e. The molecular formula is C15H14O3. The van der Waals surface area contributed by atoms with E-state index in [0.717, 1.165) is 0 Å². The highest BCUT2D eigenvalue weighted by Gasteiger charge is 2.06. The molecule has 0 heterocycles. The van der Waals surface area contributed by atoms with Gasteiger partial charge in [0.05, 0.1) is 7.11 Å². The fourth-order valence-electron chi connectivity index (χ4n) is 1.61. The summed E-state index contributed by atoms with van der Waals surface area (Å²) in [6.45, 7) is 1.53.